The molecule has 3 aromatic carbocycles. The van der Waals surface area contributed by atoms with Crippen molar-refractivity contribution in [2.75, 3.05) is 5.32 Å². The number of nitrogens with zero attached hydrogens (tertiary/aromatic N) is 1. The van der Waals surface area contributed by atoms with Gasteiger partial charge in [-0.3, -0.25) is 9.59 Å². The summed E-state index contributed by atoms with van der Waals surface area (Å²) in [5.74, 6) is -0.162. The van der Waals surface area contributed by atoms with Gasteiger partial charge in [0.05, 0.1) is 14.6 Å². The third-order valence-electron chi connectivity index (χ3n) is 4.48. The zero-order valence-corrected chi connectivity index (χ0v) is 20.2. The molecule has 1 N–H and O–H groups in total. The average molecular weight is 554 g/mol. The number of ether oxygens (including phenoxy) is 1. The van der Waals surface area contributed by atoms with E-state index in [1.807, 2.05) is 36.4 Å². The number of hydrogen-bond acceptors (Lipinski definition) is 4. The maximum atomic E-state index is 12.7. The Hall–Kier alpha value is -3.21. The van der Waals surface area contributed by atoms with Gasteiger partial charge in [0.1, 0.15) is 24.0 Å². The van der Waals surface area contributed by atoms with Gasteiger partial charge in [-0.15, -0.1) is 0 Å². The predicted octanol–water partition coefficient (Wildman–Crippen LogP) is 6.54. The lowest BCUT2D eigenvalue weighted by atomic mass is 10.1. The fraction of sp³-hybridized carbons (Fsp3) is 0.0800. The average Bonchev–Trinajstić information content (AvgIpc) is 2.77. The van der Waals surface area contributed by atoms with Crippen LogP contribution in [0.2, 0.25) is 0 Å². The number of hydrogen-bond donors (Lipinski definition) is 1. The molecular weight excluding hydrogens is 536 g/mol. The number of carbonyl (C=O) groups is 2. The van der Waals surface area contributed by atoms with Crippen molar-refractivity contribution >= 4 is 55.3 Å². The van der Waals surface area contributed by atoms with E-state index in [0.29, 0.717) is 38.1 Å². The van der Waals surface area contributed by atoms with E-state index in [0.717, 1.165) is 5.56 Å². The first-order valence-electron chi connectivity index (χ1n) is 9.58. The summed E-state index contributed by atoms with van der Waals surface area (Å²) >= 11 is 6.99. The lowest BCUT2D eigenvalue weighted by molar-refractivity contribution is -0.112. The van der Waals surface area contributed by atoms with Gasteiger partial charge in [0.2, 0.25) is 0 Å². The van der Waals surface area contributed by atoms with Crippen molar-refractivity contribution in [1.29, 1.82) is 5.26 Å². The van der Waals surface area contributed by atoms with Crippen molar-refractivity contribution in [2.45, 2.75) is 13.5 Å². The number of carbonyl (C=O) groups excluding carboxylic acids is 2. The topological polar surface area (TPSA) is 79.2 Å². The first-order valence-corrected chi connectivity index (χ1v) is 11.2. The fourth-order valence-corrected chi connectivity index (χ4v) is 4.39. The molecule has 0 aliphatic rings. The summed E-state index contributed by atoms with van der Waals surface area (Å²) in [6, 6.07) is 21.9. The van der Waals surface area contributed by atoms with E-state index in [1.165, 1.54) is 13.0 Å². The molecule has 32 heavy (non-hydrogen) atoms. The van der Waals surface area contributed by atoms with Crippen molar-refractivity contribution in [3.05, 3.63) is 97.9 Å². The Kier molecular flexibility index (Phi) is 7.98. The van der Waals surface area contributed by atoms with Crippen LogP contribution in [0.1, 0.15) is 28.4 Å². The predicted molar refractivity (Wildman–Crippen MR) is 131 cm³/mol. The highest BCUT2D eigenvalue weighted by Crippen LogP contribution is 2.36. The third-order valence-corrected chi connectivity index (χ3v) is 5.66. The Morgan fingerprint density at radius 1 is 1.03 bits per heavy atom. The van der Waals surface area contributed by atoms with Crippen LogP contribution in [0.3, 0.4) is 0 Å². The summed E-state index contributed by atoms with van der Waals surface area (Å²) in [4.78, 5) is 24.4. The molecule has 7 heteroatoms. The summed E-state index contributed by atoms with van der Waals surface area (Å²) in [6.07, 6.45) is 1.47. The van der Waals surface area contributed by atoms with Crippen molar-refractivity contribution in [3.63, 3.8) is 0 Å². The highest BCUT2D eigenvalue weighted by atomic mass is 79.9. The Balaban J connectivity index is 1.80. The van der Waals surface area contributed by atoms with Gasteiger partial charge in [-0.2, -0.15) is 5.26 Å². The minimum atomic E-state index is -0.599. The Morgan fingerprint density at radius 2 is 1.66 bits per heavy atom. The number of para-hydroxylation sites is 1. The third kappa shape index (κ3) is 5.94. The molecule has 0 aromatic heterocycles. The Morgan fingerprint density at radius 3 is 2.28 bits per heavy atom. The number of ketones is 1. The summed E-state index contributed by atoms with van der Waals surface area (Å²) in [5.41, 5.74) is 2.30. The van der Waals surface area contributed by atoms with Gasteiger partial charge in [-0.1, -0.05) is 42.5 Å². The normalized spacial score (nSPS) is 10.9. The number of Topliss-reactive ketones (excluding diaryl/α,β-unsaturated/α-hetero) is 1. The molecule has 160 valence electrons. The van der Waals surface area contributed by atoms with Crippen LogP contribution in [0.5, 0.6) is 5.75 Å². The lowest BCUT2D eigenvalue weighted by Crippen LogP contribution is -2.15. The summed E-state index contributed by atoms with van der Waals surface area (Å²) in [6.45, 7) is 1.82. The van der Waals surface area contributed by atoms with E-state index in [9.17, 15) is 14.9 Å². The molecule has 0 bridgehead atoms. The largest absolute Gasteiger partial charge is 0.487 e. The fourth-order valence-electron chi connectivity index (χ4n) is 2.93. The maximum absolute atomic E-state index is 12.7. The van der Waals surface area contributed by atoms with Gasteiger partial charge in [-0.25, -0.2) is 0 Å². The summed E-state index contributed by atoms with van der Waals surface area (Å²) in [5, 5.41) is 12.2. The van der Waals surface area contributed by atoms with Crippen molar-refractivity contribution in [2.24, 2.45) is 0 Å². The van der Waals surface area contributed by atoms with Gasteiger partial charge in [-0.05, 0) is 80.3 Å². The standard InChI is InChI=1S/C25H18Br2N2O3/c1-16(30)20-9-5-6-10-23(20)29-25(31)19(14-28)11-18-12-21(26)24(22(27)13-18)32-15-17-7-3-2-4-8-17/h2-13H,15H2,1H3,(H,29,31)/b19-11-. The Bertz CT molecular complexity index is 1210. The number of anilines is 1. The molecule has 5 nitrogen and oxygen atoms in total. The summed E-state index contributed by atoms with van der Waals surface area (Å²) in [7, 11) is 0. The van der Waals surface area contributed by atoms with Crippen LogP contribution in [-0.4, -0.2) is 11.7 Å². The highest BCUT2D eigenvalue weighted by molar-refractivity contribution is 9.11. The molecule has 0 aliphatic heterocycles. The molecule has 0 radical (unpaired) electrons. The molecule has 0 fully saturated rings. The van der Waals surface area contributed by atoms with Crippen molar-refractivity contribution in [3.8, 4) is 11.8 Å². The second kappa shape index (κ2) is 10.9. The quantitative estimate of drug-likeness (QED) is 0.205. The first kappa shape index (κ1) is 23.5. The van der Waals surface area contributed by atoms with Crippen LogP contribution in [0.15, 0.2) is 81.2 Å². The number of amides is 1. The maximum Gasteiger partial charge on any atom is 0.266 e. The van der Waals surface area contributed by atoms with E-state index in [-0.39, 0.29) is 11.4 Å². The van der Waals surface area contributed by atoms with Gasteiger partial charge >= 0.3 is 0 Å². The van der Waals surface area contributed by atoms with Crippen LogP contribution < -0.4 is 10.1 Å². The molecular formula is C25H18Br2N2O3. The molecule has 0 spiro atoms. The molecule has 1 amide bonds. The molecule has 0 heterocycles. The molecule has 0 aliphatic carbocycles. The van der Waals surface area contributed by atoms with Crippen LogP contribution in [0.4, 0.5) is 5.69 Å². The zero-order chi connectivity index (χ0) is 23.1. The molecule has 3 rings (SSSR count). The number of benzene rings is 3. The number of nitrogens with one attached hydrogen (secondary N) is 1. The second-order valence-electron chi connectivity index (χ2n) is 6.81. The molecule has 3 aromatic rings. The first-order chi connectivity index (χ1) is 15.4. The number of halogens is 2. The van der Waals surface area contributed by atoms with Crippen molar-refractivity contribution in [1.82, 2.24) is 0 Å². The monoisotopic (exact) mass is 552 g/mol. The second-order valence-corrected chi connectivity index (χ2v) is 8.52. The van der Waals surface area contributed by atoms with E-state index in [1.54, 1.807) is 36.4 Å². The SMILES string of the molecule is CC(=O)c1ccccc1NC(=O)/C(C#N)=C\c1cc(Br)c(OCc2ccccc2)c(Br)c1. The van der Waals surface area contributed by atoms with E-state index in [2.05, 4.69) is 37.2 Å². The summed E-state index contributed by atoms with van der Waals surface area (Å²) < 4.78 is 7.26. The van der Waals surface area contributed by atoms with Gasteiger partial charge in [0.15, 0.2) is 5.78 Å². The minimum Gasteiger partial charge on any atom is -0.487 e. The minimum absolute atomic E-state index is 0.0971. The number of nitriles is 1. The van der Waals surface area contributed by atoms with E-state index < -0.39 is 5.91 Å². The Labute approximate surface area is 203 Å². The van der Waals surface area contributed by atoms with Crippen LogP contribution >= 0.6 is 31.9 Å². The molecule has 0 atom stereocenters. The highest BCUT2D eigenvalue weighted by Gasteiger charge is 2.15. The van der Waals surface area contributed by atoms with Gasteiger partial charge in [0.25, 0.3) is 5.91 Å². The van der Waals surface area contributed by atoms with E-state index >= 15 is 0 Å². The van der Waals surface area contributed by atoms with Crippen LogP contribution in [-0.2, 0) is 11.4 Å². The molecule has 0 unspecified atom stereocenters. The molecule has 0 saturated heterocycles. The van der Waals surface area contributed by atoms with Crippen LogP contribution in [0.25, 0.3) is 6.08 Å². The van der Waals surface area contributed by atoms with Crippen LogP contribution in [0, 0.1) is 11.3 Å². The zero-order valence-electron chi connectivity index (χ0n) is 17.1. The van der Waals surface area contributed by atoms with Gasteiger partial charge < -0.3 is 10.1 Å². The van der Waals surface area contributed by atoms with Gasteiger partial charge in [0, 0.05) is 5.56 Å². The smallest absolute Gasteiger partial charge is 0.266 e. The molecule has 0 saturated carbocycles. The van der Waals surface area contributed by atoms with Crippen molar-refractivity contribution < 1.29 is 14.3 Å². The number of rotatable bonds is 7. The lowest BCUT2D eigenvalue weighted by Gasteiger charge is -2.12. The van der Waals surface area contributed by atoms with E-state index in [4.69, 9.17) is 4.74 Å².